The highest BCUT2D eigenvalue weighted by Gasteiger charge is 2.08. The first-order valence-corrected chi connectivity index (χ1v) is 7.12. The minimum Gasteiger partial charge on any atom is -0.294 e. The van der Waals surface area contributed by atoms with E-state index in [4.69, 9.17) is 23.2 Å². The highest BCUT2D eigenvalue weighted by atomic mass is 127. The summed E-state index contributed by atoms with van der Waals surface area (Å²) in [6, 6.07) is 12.8. The number of benzene rings is 2. The predicted octanol–water partition coefficient (Wildman–Crippen LogP) is 5.02. The van der Waals surface area contributed by atoms with Gasteiger partial charge >= 0.3 is 0 Å². The summed E-state index contributed by atoms with van der Waals surface area (Å²) < 4.78 is 1.11. The normalized spacial score (nSPS) is 10.4. The van der Waals surface area contributed by atoms with Gasteiger partial charge in [-0.05, 0) is 52.4 Å². The Morgan fingerprint density at radius 2 is 1.67 bits per heavy atom. The molecule has 0 N–H and O–H groups in total. The Labute approximate surface area is 129 Å². The second-order valence-electron chi connectivity index (χ2n) is 3.86. The summed E-state index contributed by atoms with van der Waals surface area (Å²) in [5.74, 6) is 0.0739. The van der Waals surface area contributed by atoms with Gasteiger partial charge in [-0.2, -0.15) is 0 Å². The summed E-state index contributed by atoms with van der Waals surface area (Å²) in [6.45, 7) is 0. The molecule has 0 aliphatic rings. The molecule has 0 aliphatic carbocycles. The summed E-state index contributed by atoms with van der Waals surface area (Å²) in [5, 5.41) is 0.978. The molecule has 0 fully saturated rings. The Kier molecular flexibility index (Phi) is 4.65. The van der Waals surface area contributed by atoms with Gasteiger partial charge < -0.3 is 0 Å². The molecule has 4 heteroatoms. The lowest BCUT2D eigenvalue weighted by molar-refractivity contribution is 0.0993. The van der Waals surface area contributed by atoms with Crippen molar-refractivity contribution < 1.29 is 4.79 Å². The number of hydrogen-bond acceptors (Lipinski definition) is 1. The fourth-order valence-corrected chi connectivity index (χ4v) is 2.25. The van der Waals surface area contributed by atoms with Gasteiger partial charge in [-0.1, -0.05) is 41.4 Å². The lowest BCUT2D eigenvalue weighted by Gasteiger charge is -2.03. The van der Waals surface area contributed by atoms with Crippen molar-refractivity contribution >= 4 is 51.6 Å². The number of carbonyl (C=O) groups is 1. The molecule has 0 radical (unpaired) electrons. The minimum absolute atomic E-state index is 0.0739. The van der Waals surface area contributed by atoms with Crippen molar-refractivity contribution in [3.8, 4) is 0 Å². The molecule has 2 aromatic rings. The Balaban J connectivity index is 2.16. The van der Waals surface area contributed by atoms with Crippen LogP contribution in [0.1, 0.15) is 15.9 Å². The average Bonchev–Trinajstić information content (AvgIpc) is 2.34. The van der Waals surface area contributed by atoms with Gasteiger partial charge in [-0.25, -0.2) is 0 Å². The van der Waals surface area contributed by atoms with E-state index in [1.54, 1.807) is 12.1 Å². The van der Waals surface area contributed by atoms with Crippen molar-refractivity contribution in [1.82, 2.24) is 0 Å². The molecular weight excluding hydrogens is 382 g/mol. The Hall–Kier alpha value is -0.580. The summed E-state index contributed by atoms with van der Waals surface area (Å²) >= 11 is 14.0. The van der Waals surface area contributed by atoms with Crippen LogP contribution in [0.3, 0.4) is 0 Å². The van der Waals surface area contributed by atoms with E-state index in [1.165, 1.54) is 0 Å². The van der Waals surface area contributed by atoms with Crippen molar-refractivity contribution in [2.24, 2.45) is 0 Å². The van der Waals surface area contributed by atoms with Crippen LogP contribution >= 0.6 is 45.8 Å². The molecule has 0 heterocycles. The minimum atomic E-state index is 0.0739. The van der Waals surface area contributed by atoms with E-state index in [1.807, 2.05) is 30.3 Å². The third-order valence-electron chi connectivity index (χ3n) is 2.51. The summed E-state index contributed by atoms with van der Waals surface area (Å²) in [6.07, 6.45) is 0.331. The maximum Gasteiger partial charge on any atom is 0.167 e. The van der Waals surface area contributed by atoms with Crippen LogP contribution in [-0.4, -0.2) is 5.78 Å². The Bertz CT molecular complexity index is 579. The fraction of sp³-hybridized carbons (Fsp3) is 0.0714. The third-order valence-corrected chi connectivity index (χ3v) is 3.97. The van der Waals surface area contributed by atoms with Gasteiger partial charge in [0.15, 0.2) is 5.78 Å². The largest absolute Gasteiger partial charge is 0.294 e. The van der Waals surface area contributed by atoms with Gasteiger partial charge in [0.1, 0.15) is 0 Å². The van der Waals surface area contributed by atoms with Crippen LogP contribution in [0.15, 0.2) is 42.5 Å². The second kappa shape index (κ2) is 6.04. The molecule has 1 nitrogen and oxygen atoms in total. The van der Waals surface area contributed by atoms with E-state index in [-0.39, 0.29) is 5.78 Å². The number of halogens is 3. The standard InChI is InChI=1S/C14H9Cl2IO/c15-12-6-1-9(7-13(12)16)8-14(18)10-2-4-11(17)5-3-10/h1-7H,8H2. The van der Waals surface area contributed by atoms with Gasteiger partial charge in [0.2, 0.25) is 0 Å². The highest BCUT2D eigenvalue weighted by molar-refractivity contribution is 14.1. The topological polar surface area (TPSA) is 17.1 Å². The van der Waals surface area contributed by atoms with Crippen molar-refractivity contribution in [3.05, 3.63) is 67.2 Å². The molecule has 0 atom stereocenters. The van der Waals surface area contributed by atoms with E-state index < -0.39 is 0 Å². The van der Waals surface area contributed by atoms with Crippen LogP contribution in [0.2, 0.25) is 10.0 Å². The van der Waals surface area contributed by atoms with Crippen molar-refractivity contribution in [1.29, 1.82) is 0 Å². The summed E-state index contributed by atoms with van der Waals surface area (Å²) in [7, 11) is 0. The molecule has 92 valence electrons. The SMILES string of the molecule is O=C(Cc1ccc(Cl)c(Cl)c1)c1ccc(I)cc1. The van der Waals surface area contributed by atoms with Gasteiger partial charge in [0.05, 0.1) is 10.0 Å². The quantitative estimate of drug-likeness (QED) is 0.531. The zero-order valence-electron chi connectivity index (χ0n) is 9.29. The fourth-order valence-electron chi connectivity index (χ4n) is 1.57. The smallest absolute Gasteiger partial charge is 0.167 e. The van der Waals surface area contributed by atoms with Gasteiger partial charge in [-0.15, -0.1) is 0 Å². The molecule has 0 amide bonds. The van der Waals surface area contributed by atoms with Crippen molar-refractivity contribution in [2.75, 3.05) is 0 Å². The maximum atomic E-state index is 12.0. The lowest BCUT2D eigenvalue weighted by atomic mass is 10.0. The van der Waals surface area contributed by atoms with Crippen LogP contribution in [0.5, 0.6) is 0 Å². The van der Waals surface area contributed by atoms with Crippen LogP contribution in [0.4, 0.5) is 0 Å². The second-order valence-corrected chi connectivity index (χ2v) is 5.92. The Morgan fingerprint density at radius 1 is 1.00 bits per heavy atom. The Morgan fingerprint density at radius 3 is 2.28 bits per heavy atom. The van der Waals surface area contributed by atoms with Crippen molar-refractivity contribution in [3.63, 3.8) is 0 Å². The number of carbonyl (C=O) groups excluding carboxylic acids is 1. The van der Waals surface area contributed by atoms with E-state index in [0.717, 1.165) is 9.13 Å². The summed E-state index contributed by atoms with van der Waals surface area (Å²) in [5.41, 5.74) is 1.58. The first kappa shape index (κ1) is 13.8. The first-order valence-electron chi connectivity index (χ1n) is 5.29. The number of ketones is 1. The van der Waals surface area contributed by atoms with Gasteiger partial charge in [0.25, 0.3) is 0 Å². The zero-order valence-corrected chi connectivity index (χ0v) is 13.0. The van der Waals surface area contributed by atoms with E-state index >= 15 is 0 Å². The molecule has 0 aliphatic heterocycles. The monoisotopic (exact) mass is 390 g/mol. The van der Waals surface area contributed by atoms with Crippen LogP contribution in [-0.2, 0) is 6.42 Å². The lowest BCUT2D eigenvalue weighted by Crippen LogP contribution is -2.03. The van der Waals surface area contributed by atoms with Crippen LogP contribution in [0.25, 0.3) is 0 Å². The molecule has 0 spiro atoms. The molecule has 0 aromatic heterocycles. The molecular formula is C14H9Cl2IO. The number of hydrogen-bond donors (Lipinski definition) is 0. The van der Waals surface area contributed by atoms with Crippen LogP contribution in [0, 0.1) is 3.57 Å². The molecule has 0 saturated heterocycles. The molecule has 18 heavy (non-hydrogen) atoms. The van der Waals surface area contributed by atoms with E-state index in [9.17, 15) is 4.79 Å². The number of rotatable bonds is 3. The van der Waals surface area contributed by atoms with E-state index in [2.05, 4.69) is 22.6 Å². The third kappa shape index (κ3) is 3.46. The number of Topliss-reactive ketones (excluding diaryl/α,β-unsaturated/α-hetero) is 1. The average molecular weight is 391 g/mol. The molecule has 0 unspecified atom stereocenters. The van der Waals surface area contributed by atoms with Crippen molar-refractivity contribution in [2.45, 2.75) is 6.42 Å². The van der Waals surface area contributed by atoms with Crippen LogP contribution < -0.4 is 0 Å². The highest BCUT2D eigenvalue weighted by Crippen LogP contribution is 2.23. The maximum absolute atomic E-state index is 12.0. The van der Waals surface area contributed by atoms with E-state index in [0.29, 0.717) is 22.0 Å². The molecule has 0 bridgehead atoms. The molecule has 2 rings (SSSR count). The molecule has 2 aromatic carbocycles. The van der Waals surface area contributed by atoms with Gasteiger partial charge in [0, 0.05) is 15.6 Å². The first-order chi connectivity index (χ1) is 8.56. The predicted molar refractivity (Wildman–Crippen MR) is 83.7 cm³/mol. The summed E-state index contributed by atoms with van der Waals surface area (Å²) in [4.78, 5) is 12.0. The van der Waals surface area contributed by atoms with Gasteiger partial charge in [-0.3, -0.25) is 4.79 Å². The zero-order chi connectivity index (χ0) is 13.1. The molecule has 0 saturated carbocycles.